The van der Waals surface area contributed by atoms with Crippen molar-refractivity contribution < 1.29 is 19.1 Å². The molecule has 2 N–H and O–H groups in total. The van der Waals surface area contributed by atoms with E-state index in [2.05, 4.69) is 61.7 Å². The minimum atomic E-state index is -0.508. The van der Waals surface area contributed by atoms with Crippen LogP contribution in [0.5, 0.6) is 5.88 Å². The quantitative estimate of drug-likeness (QED) is 0.128. The van der Waals surface area contributed by atoms with Crippen LogP contribution in [0.25, 0.3) is 5.82 Å². The fourth-order valence-corrected chi connectivity index (χ4v) is 8.24. The maximum atomic E-state index is 13.0. The Kier molecular flexibility index (Phi) is 11.2. The van der Waals surface area contributed by atoms with Crippen molar-refractivity contribution in [3.05, 3.63) is 46.2 Å². The fourth-order valence-electron chi connectivity index (χ4n) is 7.32. The van der Waals surface area contributed by atoms with E-state index in [-0.39, 0.29) is 28.3 Å². The van der Waals surface area contributed by atoms with E-state index in [0.29, 0.717) is 54.1 Å². The van der Waals surface area contributed by atoms with Crippen LogP contribution in [-0.2, 0) is 4.74 Å². The largest absolute Gasteiger partial charge is 0.477 e. The molecule has 0 aromatic carbocycles. The van der Waals surface area contributed by atoms with Crippen molar-refractivity contribution in [1.29, 1.82) is 0 Å². The Hall–Kier alpha value is -3.25. The van der Waals surface area contributed by atoms with Gasteiger partial charge in [0.2, 0.25) is 5.88 Å². The highest BCUT2D eigenvalue weighted by Gasteiger charge is 2.63. The molecule has 1 saturated carbocycles. The Bertz CT molecular complexity index is 1610. The van der Waals surface area contributed by atoms with Crippen molar-refractivity contribution in [1.82, 2.24) is 29.7 Å². The number of aliphatic imine (C=N–C) groups is 1. The molecule has 50 heavy (non-hydrogen) atoms. The molecule has 2 aliphatic heterocycles. The summed E-state index contributed by atoms with van der Waals surface area (Å²) in [6.07, 6.45) is 9.08. The molecule has 2 amide bonds. The molecule has 1 unspecified atom stereocenters. The summed E-state index contributed by atoms with van der Waals surface area (Å²) in [4.78, 5) is 36.8. The highest BCUT2D eigenvalue weighted by molar-refractivity contribution is 8.01. The summed E-state index contributed by atoms with van der Waals surface area (Å²) >= 11 is 7.65. The number of hydrogen-bond acceptors (Lipinski definition) is 8. The molecule has 2 aromatic rings. The monoisotopic (exact) mass is 727 g/mol. The van der Waals surface area contributed by atoms with E-state index in [9.17, 15) is 9.59 Å². The smallest absolute Gasteiger partial charge is 0.410 e. The number of ether oxygens (including phenoxy) is 2. The Balaban J connectivity index is 1.04. The van der Waals surface area contributed by atoms with Gasteiger partial charge in [-0.2, -0.15) is 0 Å². The third-order valence-electron chi connectivity index (χ3n) is 10.7. The Morgan fingerprint density at radius 1 is 1.12 bits per heavy atom. The molecule has 11 nitrogen and oxygen atoms in total. The van der Waals surface area contributed by atoms with Gasteiger partial charge in [-0.25, -0.2) is 14.5 Å². The fraction of sp³-hybridized carbons (Fsp3) is 0.649. The first kappa shape index (κ1) is 38.0. The number of carbonyl (C=O) groups is 2. The Morgan fingerprint density at radius 3 is 2.54 bits per heavy atom. The van der Waals surface area contributed by atoms with Crippen LogP contribution in [0.4, 0.5) is 4.79 Å². The Labute approximate surface area is 306 Å². The average molecular weight is 728 g/mol. The SMILES string of the molecule is CC(C)(C)OC(=O)N1CC(CCCN=C2CCC=C(SNC(=O)c3ccc(-n4ccc(OCCC5C(C)(C)C5(C)C)n4)nc3Cl)N2)CC1(C)C. The number of amidine groups is 1. The zero-order valence-corrected chi connectivity index (χ0v) is 32.6. The van der Waals surface area contributed by atoms with E-state index < -0.39 is 5.60 Å². The lowest BCUT2D eigenvalue weighted by Gasteiger charge is -2.33. The van der Waals surface area contributed by atoms with Crippen molar-refractivity contribution in [2.45, 2.75) is 112 Å². The zero-order chi connectivity index (χ0) is 36.5. The summed E-state index contributed by atoms with van der Waals surface area (Å²) in [6.45, 7) is 21.2. The summed E-state index contributed by atoms with van der Waals surface area (Å²) in [7, 11) is 0. The van der Waals surface area contributed by atoms with Gasteiger partial charge in [-0.15, -0.1) is 5.10 Å². The second-order valence-electron chi connectivity index (χ2n) is 16.4. The normalized spacial score (nSPS) is 21.8. The molecule has 3 aliphatic rings. The predicted molar refractivity (Wildman–Crippen MR) is 200 cm³/mol. The summed E-state index contributed by atoms with van der Waals surface area (Å²) in [5.74, 6) is 2.62. The van der Waals surface area contributed by atoms with Crippen LogP contribution in [0.2, 0.25) is 5.15 Å². The van der Waals surface area contributed by atoms with E-state index in [1.54, 1.807) is 29.1 Å². The molecular weight excluding hydrogens is 674 g/mol. The second kappa shape index (κ2) is 14.8. The third-order valence-corrected chi connectivity index (χ3v) is 11.8. The molecule has 1 aliphatic carbocycles. The first-order valence-corrected chi connectivity index (χ1v) is 18.9. The van der Waals surface area contributed by atoms with Crippen molar-refractivity contribution in [2.75, 3.05) is 19.7 Å². The minimum Gasteiger partial charge on any atom is -0.477 e. The molecule has 13 heteroatoms. The van der Waals surface area contributed by atoms with Crippen molar-refractivity contribution in [3.63, 3.8) is 0 Å². The molecular formula is C37H54ClN7O4S. The first-order valence-electron chi connectivity index (χ1n) is 17.7. The molecule has 1 atom stereocenters. The number of nitrogens with zero attached hydrogens (tertiary/aromatic N) is 5. The number of nitrogens with one attached hydrogen (secondary N) is 2. The van der Waals surface area contributed by atoms with Gasteiger partial charge in [0, 0.05) is 49.3 Å². The number of carbonyl (C=O) groups excluding carboxylic acids is 2. The van der Waals surface area contributed by atoms with E-state index in [0.717, 1.165) is 49.4 Å². The van der Waals surface area contributed by atoms with Crippen LogP contribution in [0.1, 0.15) is 111 Å². The lowest BCUT2D eigenvalue weighted by molar-refractivity contribution is 0.0130. The van der Waals surface area contributed by atoms with Crippen LogP contribution in [-0.4, -0.2) is 68.3 Å². The third kappa shape index (κ3) is 8.96. The molecule has 0 spiro atoms. The lowest BCUT2D eigenvalue weighted by atomic mass is 9.93. The van der Waals surface area contributed by atoms with E-state index >= 15 is 0 Å². The number of hydrogen-bond donors (Lipinski definition) is 2. The maximum absolute atomic E-state index is 13.0. The molecule has 4 heterocycles. The number of rotatable bonds is 12. The summed E-state index contributed by atoms with van der Waals surface area (Å²) in [6, 6.07) is 5.16. The van der Waals surface area contributed by atoms with E-state index in [1.165, 1.54) is 11.9 Å². The van der Waals surface area contributed by atoms with Gasteiger partial charge in [-0.05, 0) is 102 Å². The van der Waals surface area contributed by atoms with Crippen molar-refractivity contribution >= 4 is 41.4 Å². The number of halogens is 1. The van der Waals surface area contributed by atoms with Crippen molar-refractivity contribution in [2.24, 2.45) is 27.7 Å². The molecule has 1 saturated heterocycles. The molecule has 0 radical (unpaired) electrons. The molecule has 5 rings (SSSR count). The molecule has 0 bridgehead atoms. The molecule has 274 valence electrons. The van der Waals surface area contributed by atoms with Gasteiger partial charge < -0.3 is 19.7 Å². The second-order valence-corrected chi connectivity index (χ2v) is 17.7. The van der Waals surface area contributed by atoms with Gasteiger partial charge in [0.15, 0.2) is 5.82 Å². The van der Waals surface area contributed by atoms with E-state index in [1.807, 2.05) is 31.7 Å². The highest BCUT2D eigenvalue weighted by Crippen LogP contribution is 2.69. The van der Waals surface area contributed by atoms with Crippen LogP contribution < -0.4 is 14.8 Å². The maximum Gasteiger partial charge on any atom is 0.410 e. The highest BCUT2D eigenvalue weighted by atomic mass is 35.5. The van der Waals surface area contributed by atoms with Crippen LogP contribution in [0.3, 0.4) is 0 Å². The van der Waals surface area contributed by atoms with Gasteiger partial charge in [0.1, 0.15) is 16.6 Å². The first-order chi connectivity index (χ1) is 23.4. The van der Waals surface area contributed by atoms with Gasteiger partial charge >= 0.3 is 6.09 Å². The van der Waals surface area contributed by atoms with Gasteiger partial charge in [-0.1, -0.05) is 45.4 Å². The number of likely N-dealkylation sites (tertiary alicyclic amines) is 1. The van der Waals surface area contributed by atoms with E-state index in [4.69, 9.17) is 26.1 Å². The average Bonchev–Trinajstić information content (AvgIpc) is 3.42. The minimum absolute atomic E-state index is 0.0875. The zero-order valence-electron chi connectivity index (χ0n) is 31.1. The lowest BCUT2D eigenvalue weighted by Crippen LogP contribution is -2.45. The summed E-state index contributed by atoms with van der Waals surface area (Å²) < 4.78 is 16.0. The number of amides is 2. The standard InChI is InChI=1S/C37H54ClN7O4S/c1-34(2,3)49-33(47)44-23-24(22-35(44,4)5)12-11-19-39-27-13-10-14-30(40-27)50-43-32(46)25-15-16-28(41-31(25)38)45-20-17-29(42-45)48-21-18-26-36(6,7)37(26,8)9/h14-17,20,24,26H,10-13,18-19,21-23H2,1-9H3,(H,39,40)(H,43,46). The number of aromatic nitrogens is 3. The summed E-state index contributed by atoms with van der Waals surface area (Å²) in [5, 5.41) is 8.73. The van der Waals surface area contributed by atoms with Crippen molar-refractivity contribution in [3.8, 4) is 11.7 Å². The predicted octanol–water partition coefficient (Wildman–Crippen LogP) is 8.19. The molecule has 2 fully saturated rings. The topological polar surface area (TPSA) is 123 Å². The van der Waals surface area contributed by atoms with Crippen LogP contribution in [0.15, 0.2) is 40.5 Å². The van der Waals surface area contributed by atoms with Gasteiger partial charge in [0.25, 0.3) is 5.91 Å². The number of pyridine rings is 1. The van der Waals surface area contributed by atoms with Crippen LogP contribution in [0, 0.1) is 22.7 Å². The molecule has 2 aromatic heterocycles. The van der Waals surface area contributed by atoms with Crippen LogP contribution >= 0.6 is 23.5 Å². The van der Waals surface area contributed by atoms with Gasteiger partial charge in [0.05, 0.1) is 17.2 Å². The number of allylic oxidation sites excluding steroid dienone is 1. The van der Waals surface area contributed by atoms with Gasteiger partial charge in [-0.3, -0.25) is 14.5 Å². The Morgan fingerprint density at radius 2 is 1.86 bits per heavy atom. The summed E-state index contributed by atoms with van der Waals surface area (Å²) in [5.41, 5.74) is 0.194.